The van der Waals surface area contributed by atoms with E-state index in [4.69, 9.17) is 10.5 Å². The molecule has 2 aliphatic heterocycles. The molecule has 2 atom stereocenters. The minimum atomic E-state index is -3.39. The van der Waals surface area contributed by atoms with Crippen LogP contribution in [0.4, 0.5) is 0 Å². The van der Waals surface area contributed by atoms with Crippen molar-refractivity contribution in [3.05, 3.63) is 0 Å². The fourth-order valence-electron chi connectivity index (χ4n) is 2.68. The van der Waals surface area contributed by atoms with Gasteiger partial charge in [-0.3, -0.25) is 0 Å². The summed E-state index contributed by atoms with van der Waals surface area (Å²) >= 11 is 0. The molecule has 2 unspecified atom stereocenters. The number of hydrogen-bond acceptors (Lipinski definition) is 4. The molecule has 2 saturated heterocycles. The minimum Gasteiger partial charge on any atom is -0.378 e. The second-order valence-electron chi connectivity index (χ2n) is 5.04. The van der Waals surface area contributed by atoms with Crippen LogP contribution in [-0.2, 0) is 14.9 Å². The molecule has 0 spiro atoms. The Labute approximate surface area is 109 Å². The molecule has 2 N–H and O–H groups in total. The van der Waals surface area contributed by atoms with Gasteiger partial charge in [-0.15, -0.1) is 0 Å². The van der Waals surface area contributed by atoms with Gasteiger partial charge in [0.15, 0.2) is 0 Å². The van der Waals surface area contributed by atoms with E-state index in [1.807, 2.05) is 6.92 Å². The van der Waals surface area contributed by atoms with E-state index in [-0.39, 0.29) is 12.1 Å². The smallest absolute Gasteiger partial charge is 0.282 e. The average Bonchev–Trinajstić information content (AvgIpc) is 2.39. The van der Waals surface area contributed by atoms with Gasteiger partial charge in [-0.05, 0) is 19.8 Å². The fourth-order valence-corrected chi connectivity index (χ4v) is 4.70. The lowest BCUT2D eigenvalue weighted by Crippen LogP contribution is -2.58. The van der Waals surface area contributed by atoms with Crippen LogP contribution in [0.3, 0.4) is 0 Å². The summed E-state index contributed by atoms with van der Waals surface area (Å²) in [7, 11) is -3.39. The Balaban J connectivity index is 2.17. The van der Waals surface area contributed by atoms with Crippen molar-refractivity contribution in [2.45, 2.75) is 38.3 Å². The van der Waals surface area contributed by atoms with Gasteiger partial charge in [-0.1, -0.05) is 6.42 Å². The molecule has 18 heavy (non-hydrogen) atoms. The van der Waals surface area contributed by atoms with Crippen LogP contribution in [0.15, 0.2) is 0 Å². The predicted octanol–water partition coefficient (Wildman–Crippen LogP) is -0.235. The third-order valence-corrected chi connectivity index (χ3v) is 5.99. The minimum absolute atomic E-state index is 0.0880. The number of hydrogen-bond donors (Lipinski definition) is 1. The van der Waals surface area contributed by atoms with Gasteiger partial charge < -0.3 is 10.5 Å². The zero-order valence-corrected chi connectivity index (χ0v) is 11.7. The van der Waals surface area contributed by atoms with Crippen LogP contribution in [0, 0.1) is 0 Å². The fraction of sp³-hybridized carbons (Fsp3) is 1.00. The third-order valence-electron chi connectivity index (χ3n) is 3.78. The van der Waals surface area contributed by atoms with Crippen molar-refractivity contribution >= 4 is 10.2 Å². The monoisotopic (exact) mass is 277 g/mol. The van der Waals surface area contributed by atoms with Gasteiger partial charge in [-0.2, -0.15) is 17.0 Å². The van der Waals surface area contributed by atoms with Crippen LogP contribution in [0.5, 0.6) is 0 Å². The summed E-state index contributed by atoms with van der Waals surface area (Å²) in [5.41, 5.74) is 5.65. The Morgan fingerprint density at radius 2 is 2.06 bits per heavy atom. The van der Waals surface area contributed by atoms with E-state index in [0.717, 1.165) is 19.3 Å². The lowest BCUT2D eigenvalue weighted by molar-refractivity contribution is 0.0316. The van der Waals surface area contributed by atoms with Gasteiger partial charge in [0.25, 0.3) is 10.2 Å². The molecule has 0 aromatic carbocycles. The van der Waals surface area contributed by atoms with E-state index in [1.54, 1.807) is 4.31 Å². The van der Waals surface area contributed by atoms with E-state index in [9.17, 15) is 8.42 Å². The van der Waals surface area contributed by atoms with Gasteiger partial charge in [0, 0.05) is 25.7 Å². The van der Waals surface area contributed by atoms with Crippen molar-refractivity contribution in [1.82, 2.24) is 8.61 Å². The topological polar surface area (TPSA) is 75.9 Å². The van der Waals surface area contributed by atoms with Gasteiger partial charge in [0.1, 0.15) is 0 Å². The molecule has 7 heteroatoms. The zero-order valence-electron chi connectivity index (χ0n) is 10.9. The molecule has 0 amide bonds. The van der Waals surface area contributed by atoms with E-state index in [2.05, 4.69) is 0 Å². The number of morpholine rings is 1. The van der Waals surface area contributed by atoms with Crippen LogP contribution in [0.25, 0.3) is 0 Å². The van der Waals surface area contributed by atoms with E-state index < -0.39 is 10.2 Å². The Kier molecular flexibility index (Phi) is 4.60. The van der Waals surface area contributed by atoms with Crippen LogP contribution in [-0.4, -0.2) is 62.0 Å². The summed E-state index contributed by atoms with van der Waals surface area (Å²) in [5, 5.41) is 0. The molecular weight excluding hydrogens is 254 g/mol. The van der Waals surface area contributed by atoms with Crippen molar-refractivity contribution in [3.63, 3.8) is 0 Å². The Hall–Kier alpha value is -0.210. The number of nitrogens with zero attached hydrogens (tertiary/aromatic N) is 2. The summed E-state index contributed by atoms with van der Waals surface area (Å²) in [4.78, 5) is 0. The highest BCUT2D eigenvalue weighted by molar-refractivity contribution is 7.86. The first-order valence-electron chi connectivity index (χ1n) is 6.64. The lowest BCUT2D eigenvalue weighted by atomic mass is 10.1. The largest absolute Gasteiger partial charge is 0.378 e. The Bertz CT molecular complexity index is 374. The highest BCUT2D eigenvalue weighted by Crippen LogP contribution is 2.24. The molecule has 106 valence electrons. The Morgan fingerprint density at radius 1 is 1.28 bits per heavy atom. The van der Waals surface area contributed by atoms with Crippen molar-refractivity contribution in [2.75, 3.05) is 32.8 Å². The van der Waals surface area contributed by atoms with Crippen LogP contribution >= 0.6 is 0 Å². The molecule has 2 heterocycles. The first kappa shape index (κ1) is 14.2. The van der Waals surface area contributed by atoms with Gasteiger partial charge >= 0.3 is 0 Å². The number of nitrogens with two attached hydrogens (primary N) is 1. The molecule has 0 bridgehead atoms. The quantitative estimate of drug-likeness (QED) is 0.773. The normalized spacial score (nSPS) is 32.6. The van der Waals surface area contributed by atoms with E-state index in [0.29, 0.717) is 32.8 Å². The van der Waals surface area contributed by atoms with Crippen LogP contribution in [0.2, 0.25) is 0 Å². The Morgan fingerprint density at radius 3 is 2.72 bits per heavy atom. The molecule has 0 saturated carbocycles. The maximum atomic E-state index is 12.7. The number of ether oxygens (including phenoxy) is 1. The molecule has 6 nitrogen and oxygen atoms in total. The van der Waals surface area contributed by atoms with E-state index in [1.165, 1.54) is 4.31 Å². The van der Waals surface area contributed by atoms with Gasteiger partial charge in [0.2, 0.25) is 0 Å². The lowest BCUT2D eigenvalue weighted by Gasteiger charge is -2.40. The molecule has 2 rings (SSSR count). The first-order chi connectivity index (χ1) is 8.57. The maximum absolute atomic E-state index is 12.7. The first-order valence-corrected chi connectivity index (χ1v) is 8.03. The maximum Gasteiger partial charge on any atom is 0.282 e. The molecule has 0 aromatic heterocycles. The molecule has 2 aliphatic rings. The summed E-state index contributed by atoms with van der Waals surface area (Å²) < 4.78 is 33.8. The SMILES string of the molecule is CC1CCCCN1S(=O)(=O)N1CCOCC1CN. The van der Waals surface area contributed by atoms with Crippen molar-refractivity contribution in [1.29, 1.82) is 0 Å². The average molecular weight is 277 g/mol. The summed E-state index contributed by atoms with van der Waals surface area (Å²) in [6, 6.07) is -0.136. The van der Waals surface area contributed by atoms with Crippen molar-refractivity contribution in [2.24, 2.45) is 5.73 Å². The van der Waals surface area contributed by atoms with Crippen LogP contribution in [0.1, 0.15) is 26.2 Å². The standard InChI is InChI=1S/C11H23N3O3S/c1-10-4-2-3-5-13(10)18(15,16)14-6-7-17-9-11(14)8-12/h10-11H,2-9,12H2,1H3. The van der Waals surface area contributed by atoms with Gasteiger partial charge in [0.05, 0.1) is 19.3 Å². The van der Waals surface area contributed by atoms with E-state index >= 15 is 0 Å². The van der Waals surface area contributed by atoms with Crippen molar-refractivity contribution in [3.8, 4) is 0 Å². The predicted molar refractivity (Wildman–Crippen MR) is 69.3 cm³/mol. The van der Waals surface area contributed by atoms with Crippen molar-refractivity contribution < 1.29 is 13.2 Å². The summed E-state index contributed by atoms with van der Waals surface area (Å²) in [6.45, 7) is 4.18. The second kappa shape index (κ2) is 5.83. The number of piperidine rings is 1. The molecule has 0 aliphatic carbocycles. The molecule has 0 radical (unpaired) electrons. The van der Waals surface area contributed by atoms with Crippen LogP contribution < -0.4 is 5.73 Å². The highest BCUT2D eigenvalue weighted by Gasteiger charge is 2.39. The molecular formula is C11H23N3O3S. The zero-order chi connectivity index (χ0) is 13.2. The second-order valence-corrected chi connectivity index (χ2v) is 6.87. The number of rotatable bonds is 3. The molecule has 2 fully saturated rings. The highest BCUT2D eigenvalue weighted by atomic mass is 32.2. The molecule has 0 aromatic rings. The summed E-state index contributed by atoms with van der Waals surface area (Å²) in [6.07, 6.45) is 2.99. The summed E-state index contributed by atoms with van der Waals surface area (Å²) in [5.74, 6) is 0. The third kappa shape index (κ3) is 2.70. The van der Waals surface area contributed by atoms with Gasteiger partial charge in [-0.25, -0.2) is 0 Å².